The van der Waals surface area contributed by atoms with Gasteiger partial charge in [0.15, 0.2) is 5.13 Å². The largest absolute Gasteiger partial charge is 0.478 e. The van der Waals surface area contributed by atoms with E-state index in [1.54, 1.807) is 6.92 Å². The molecule has 0 saturated heterocycles. The summed E-state index contributed by atoms with van der Waals surface area (Å²) in [6.07, 6.45) is 0. The first kappa shape index (κ1) is 15.3. The summed E-state index contributed by atoms with van der Waals surface area (Å²) in [4.78, 5) is 15.6. The van der Waals surface area contributed by atoms with Gasteiger partial charge in [-0.3, -0.25) is 4.72 Å². The summed E-state index contributed by atoms with van der Waals surface area (Å²) in [5.74, 6) is -1.18. The van der Waals surface area contributed by atoms with Gasteiger partial charge in [-0.15, -0.1) is 11.3 Å². The van der Waals surface area contributed by atoms with Gasteiger partial charge in [0.25, 0.3) is 10.0 Å². The topological polar surface area (TPSA) is 122 Å². The van der Waals surface area contributed by atoms with Crippen LogP contribution in [0.1, 0.15) is 20.9 Å². The van der Waals surface area contributed by atoms with Crippen LogP contribution in [0.3, 0.4) is 0 Å². The molecule has 0 saturated carbocycles. The second-order valence-corrected chi connectivity index (χ2v) is 7.18. The van der Waals surface area contributed by atoms with Gasteiger partial charge in [-0.25, -0.2) is 18.2 Å². The molecule has 1 heterocycles. The van der Waals surface area contributed by atoms with Gasteiger partial charge in [0.05, 0.1) is 16.9 Å². The van der Waals surface area contributed by atoms with E-state index in [0.717, 1.165) is 22.7 Å². The highest BCUT2D eigenvalue weighted by atomic mass is 32.2. The van der Waals surface area contributed by atoms with Crippen molar-refractivity contribution < 1.29 is 18.3 Å². The van der Waals surface area contributed by atoms with Crippen LogP contribution in [0.4, 0.5) is 10.8 Å². The Labute approximate surface area is 125 Å². The highest BCUT2D eigenvalue weighted by molar-refractivity contribution is 7.93. The molecule has 0 aliphatic rings. The Bertz CT molecular complexity index is 792. The summed E-state index contributed by atoms with van der Waals surface area (Å²) in [5.41, 5.74) is 6.17. The quantitative estimate of drug-likeness (QED) is 0.736. The number of anilines is 2. The molecule has 2 aromatic rings. The number of sulfonamides is 1. The van der Waals surface area contributed by atoms with E-state index in [9.17, 15) is 13.2 Å². The molecule has 0 unspecified atom stereocenters. The minimum Gasteiger partial charge on any atom is -0.478 e. The van der Waals surface area contributed by atoms with Crippen molar-refractivity contribution in [2.45, 2.75) is 18.7 Å². The van der Waals surface area contributed by atoms with E-state index in [1.807, 2.05) is 6.92 Å². The Balaban J connectivity index is 2.37. The summed E-state index contributed by atoms with van der Waals surface area (Å²) >= 11 is 1.21. The highest BCUT2D eigenvalue weighted by Crippen LogP contribution is 2.26. The summed E-state index contributed by atoms with van der Waals surface area (Å²) in [6.45, 7) is 3.61. The zero-order chi connectivity index (χ0) is 15.8. The first-order chi connectivity index (χ1) is 9.70. The molecular weight excluding hydrogens is 314 g/mol. The van der Waals surface area contributed by atoms with Crippen molar-refractivity contribution in [2.24, 2.45) is 0 Å². The number of benzene rings is 1. The third kappa shape index (κ3) is 3.14. The number of nitrogens with two attached hydrogens (primary N) is 1. The number of aryl methyl sites for hydroxylation is 2. The Morgan fingerprint density at radius 3 is 2.52 bits per heavy atom. The van der Waals surface area contributed by atoms with Gasteiger partial charge < -0.3 is 10.8 Å². The molecule has 0 atom stereocenters. The number of aromatic nitrogens is 1. The summed E-state index contributed by atoms with van der Waals surface area (Å²) in [7, 11) is -3.91. The van der Waals surface area contributed by atoms with Crippen molar-refractivity contribution in [1.29, 1.82) is 0 Å². The second kappa shape index (κ2) is 5.34. The summed E-state index contributed by atoms with van der Waals surface area (Å²) in [6, 6.07) is 3.45. The molecule has 112 valence electrons. The standard InChI is InChI=1S/C12H13N3O4S2/c1-6-7(2)20-12(14-6)15-21(18,19)10-4-3-8(11(16)17)5-9(10)13/h3-5H,13H2,1-2H3,(H,14,15)(H,16,17). The molecule has 1 aromatic heterocycles. The molecule has 9 heteroatoms. The van der Waals surface area contributed by atoms with E-state index in [4.69, 9.17) is 10.8 Å². The van der Waals surface area contributed by atoms with Crippen molar-refractivity contribution in [3.63, 3.8) is 0 Å². The first-order valence-corrected chi connectivity index (χ1v) is 8.10. The second-order valence-electron chi connectivity index (χ2n) is 4.32. The van der Waals surface area contributed by atoms with Crippen LogP contribution in [-0.4, -0.2) is 24.5 Å². The van der Waals surface area contributed by atoms with Gasteiger partial charge in [0, 0.05) is 4.88 Å². The number of rotatable bonds is 4. The van der Waals surface area contributed by atoms with E-state index < -0.39 is 16.0 Å². The van der Waals surface area contributed by atoms with Crippen LogP contribution in [0.25, 0.3) is 0 Å². The molecule has 0 aliphatic heterocycles. The molecule has 0 aliphatic carbocycles. The Morgan fingerprint density at radius 1 is 1.38 bits per heavy atom. The maximum atomic E-state index is 12.3. The van der Waals surface area contributed by atoms with Crippen molar-refractivity contribution in [1.82, 2.24) is 4.98 Å². The highest BCUT2D eigenvalue weighted by Gasteiger charge is 2.20. The first-order valence-electron chi connectivity index (χ1n) is 5.80. The number of carboxylic acids is 1. The predicted molar refractivity (Wildman–Crippen MR) is 80.2 cm³/mol. The number of nitrogen functional groups attached to an aromatic ring is 1. The molecule has 1 aromatic carbocycles. The van der Waals surface area contributed by atoms with Crippen LogP contribution in [0.15, 0.2) is 23.1 Å². The van der Waals surface area contributed by atoms with Gasteiger partial charge in [0.2, 0.25) is 0 Å². The molecular formula is C12H13N3O4S2. The molecule has 0 fully saturated rings. The number of nitrogens with one attached hydrogen (secondary N) is 1. The van der Waals surface area contributed by atoms with Crippen LogP contribution in [0, 0.1) is 13.8 Å². The van der Waals surface area contributed by atoms with Gasteiger partial charge in [-0.05, 0) is 32.0 Å². The lowest BCUT2D eigenvalue weighted by Gasteiger charge is -2.08. The number of carboxylic acid groups (broad SMARTS) is 1. The molecule has 4 N–H and O–H groups in total. The lowest BCUT2D eigenvalue weighted by Crippen LogP contribution is -2.15. The van der Waals surface area contributed by atoms with Crippen molar-refractivity contribution >= 4 is 38.1 Å². The van der Waals surface area contributed by atoms with Crippen molar-refractivity contribution in [2.75, 3.05) is 10.5 Å². The van der Waals surface area contributed by atoms with Gasteiger partial charge >= 0.3 is 5.97 Å². The maximum Gasteiger partial charge on any atom is 0.335 e. The third-order valence-corrected chi connectivity index (χ3v) is 5.33. The monoisotopic (exact) mass is 327 g/mol. The molecule has 7 nitrogen and oxygen atoms in total. The van der Waals surface area contributed by atoms with Gasteiger partial charge in [0.1, 0.15) is 4.90 Å². The normalized spacial score (nSPS) is 11.3. The fourth-order valence-electron chi connectivity index (χ4n) is 1.61. The van der Waals surface area contributed by atoms with E-state index in [-0.39, 0.29) is 21.3 Å². The number of hydrogen-bond donors (Lipinski definition) is 3. The van der Waals surface area contributed by atoms with E-state index >= 15 is 0 Å². The number of thiazole rings is 1. The number of hydrogen-bond acceptors (Lipinski definition) is 6. The molecule has 2 rings (SSSR count). The third-order valence-electron chi connectivity index (χ3n) is 2.80. The summed E-state index contributed by atoms with van der Waals surface area (Å²) < 4.78 is 26.8. The fraction of sp³-hybridized carbons (Fsp3) is 0.167. The minimum absolute atomic E-state index is 0.0765. The van der Waals surface area contributed by atoms with E-state index in [1.165, 1.54) is 17.4 Å². The molecule has 0 radical (unpaired) electrons. The average molecular weight is 327 g/mol. The number of aromatic carboxylic acids is 1. The molecule has 0 amide bonds. The predicted octanol–water partition coefficient (Wildman–Crippen LogP) is 1.84. The van der Waals surface area contributed by atoms with E-state index in [2.05, 4.69) is 9.71 Å². The lowest BCUT2D eigenvalue weighted by molar-refractivity contribution is 0.0697. The van der Waals surface area contributed by atoms with Gasteiger partial charge in [-0.1, -0.05) is 0 Å². The molecule has 21 heavy (non-hydrogen) atoms. The van der Waals surface area contributed by atoms with Crippen LogP contribution >= 0.6 is 11.3 Å². The zero-order valence-corrected chi connectivity index (χ0v) is 12.9. The van der Waals surface area contributed by atoms with Crippen LogP contribution in [0.5, 0.6) is 0 Å². The number of nitrogens with zero attached hydrogens (tertiary/aromatic N) is 1. The van der Waals surface area contributed by atoms with Crippen LogP contribution in [-0.2, 0) is 10.0 Å². The van der Waals surface area contributed by atoms with Gasteiger partial charge in [-0.2, -0.15) is 0 Å². The smallest absolute Gasteiger partial charge is 0.335 e. The fourth-order valence-corrected chi connectivity index (χ4v) is 3.78. The molecule has 0 spiro atoms. The lowest BCUT2D eigenvalue weighted by atomic mass is 10.2. The molecule has 0 bridgehead atoms. The maximum absolute atomic E-state index is 12.3. The van der Waals surface area contributed by atoms with Crippen molar-refractivity contribution in [3.05, 3.63) is 34.3 Å². The number of carbonyl (C=O) groups is 1. The Kier molecular flexibility index (Phi) is 3.88. The Hall–Kier alpha value is -2.13. The van der Waals surface area contributed by atoms with E-state index in [0.29, 0.717) is 0 Å². The SMILES string of the molecule is Cc1nc(NS(=O)(=O)c2ccc(C(=O)O)cc2N)sc1C. The minimum atomic E-state index is -3.91. The summed E-state index contributed by atoms with van der Waals surface area (Å²) in [5, 5.41) is 9.08. The average Bonchev–Trinajstić information content (AvgIpc) is 2.66. The zero-order valence-electron chi connectivity index (χ0n) is 11.2. The Morgan fingerprint density at radius 2 is 2.05 bits per heavy atom. The van der Waals surface area contributed by atoms with Crippen LogP contribution < -0.4 is 10.5 Å². The van der Waals surface area contributed by atoms with Crippen LogP contribution in [0.2, 0.25) is 0 Å². The van der Waals surface area contributed by atoms with Crippen molar-refractivity contribution in [3.8, 4) is 0 Å².